The van der Waals surface area contributed by atoms with Gasteiger partial charge in [0.2, 0.25) is 5.91 Å². The number of hydrogen-bond acceptors (Lipinski definition) is 4. The van der Waals surface area contributed by atoms with E-state index in [1.807, 2.05) is 6.92 Å². The Hall–Kier alpha value is -2.73. The summed E-state index contributed by atoms with van der Waals surface area (Å²) < 4.78 is 13.0. The number of halogens is 1. The molecule has 3 rings (SSSR count). The van der Waals surface area contributed by atoms with E-state index in [1.165, 1.54) is 23.5 Å². The van der Waals surface area contributed by atoms with E-state index in [0.717, 1.165) is 21.7 Å². The van der Waals surface area contributed by atoms with E-state index >= 15 is 0 Å². The summed E-state index contributed by atoms with van der Waals surface area (Å²) in [6, 6.07) is 12.6. The van der Waals surface area contributed by atoms with E-state index in [4.69, 9.17) is 0 Å². The molecule has 0 atom stereocenters. The number of phenols is 1. The zero-order chi connectivity index (χ0) is 17.1. The van der Waals surface area contributed by atoms with Crippen molar-refractivity contribution in [2.45, 2.75) is 13.3 Å². The zero-order valence-corrected chi connectivity index (χ0v) is 13.7. The summed E-state index contributed by atoms with van der Waals surface area (Å²) >= 11 is 1.38. The Kier molecular flexibility index (Phi) is 4.57. The molecule has 0 aliphatic heterocycles. The van der Waals surface area contributed by atoms with E-state index in [9.17, 15) is 14.3 Å². The fourth-order valence-corrected chi connectivity index (χ4v) is 3.14. The van der Waals surface area contributed by atoms with Crippen LogP contribution in [-0.4, -0.2) is 16.0 Å². The molecule has 24 heavy (non-hydrogen) atoms. The molecule has 2 aromatic carbocycles. The normalized spacial score (nSPS) is 10.6. The Balaban J connectivity index is 1.71. The monoisotopic (exact) mass is 342 g/mol. The first-order valence-electron chi connectivity index (χ1n) is 7.32. The van der Waals surface area contributed by atoms with Crippen LogP contribution in [0.15, 0.2) is 48.5 Å². The topological polar surface area (TPSA) is 62.2 Å². The Morgan fingerprint density at radius 3 is 2.50 bits per heavy atom. The predicted molar refractivity (Wildman–Crippen MR) is 92.7 cm³/mol. The van der Waals surface area contributed by atoms with Gasteiger partial charge in [-0.1, -0.05) is 12.1 Å². The highest BCUT2D eigenvalue weighted by Crippen LogP contribution is 2.30. The van der Waals surface area contributed by atoms with Crippen LogP contribution in [0.4, 0.5) is 9.52 Å². The molecule has 0 fully saturated rings. The highest BCUT2D eigenvalue weighted by Gasteiger charge is 2.12. The van der Waals surface area contributed by atoms with Crippen molar-refractivity contribution in [3.05, 3.63) is 64.8 Å². The zero-order valence-electron chi connectivity index (χ0n) is 12.9. The number of aromatic hydroxyl groups is 1. The maximum absolute atomic E-state index is 13.0. The average Bonchev–Trinajstić information content (AvgIpc) is 2.90. The summed E-state index contributed by atoms with van der Waals surface area (Å²) in [5, 5.41) is 12.5. The van der Waals surface area contributed by atoms with Crippen molar-refractivity contribution in [2.75, 3.05) is 5.32 Å². The third-order valence-corrected chi connectivity index (χ3v) is 4.35. The number of phenolic OH excluding ortho intramolecular Hbond substituents is 1. The van der Waals surface area contributed by atoms with Crippen LogP contribution < -0.4 is 5.32 Å². The van der Waals surface area contributed by atoms with Gasteiger partial charge in [-0.05, 0) is 48.9 Å². The second-order valence-corrected chi connectivity index (χ2v) is 6.53. The maximum atomic E-state index is 13.0. The van der Waals surface area contributed by atoms with Crippen LogP contribution in [0.5, 0.6) is 5.75 Å². The van der Waals surface area contributed by atoms with E-state index in [1.54, 1.807) is 36.4 Å². The van der Waals surface area contributed by atoms with E-state index in [-0.39, 0.29) is 23.9 Å². The number of aryl methyl sites for hydroxylation is 1. The van der Waals surface area contributed by atoms with Crippen molar-refractivity contribution >= 4 is 22.4 Å². The summed E-state index contributed by atoms with van der Waals surface area (Å²) in [4.78, 5) is 17.5. The molecular weight excluding hydrogens is 327 g/mol. The molecule has 0 aliphatic rings. The largest absolute Gasteiger partial charge is 0.508 e. The van der Waals surface area contributed by atoms with E-state index in [2.05, 4.69) is 10.3 Å². The van der Waals surface area contributed by atoms with Gasteiger partial charge in [0.25, 0.3) is 0 Å². The number of amides is 1. The number of benzene rings is 2. The lowest BCUT2D eigenvalue weighted by molar-refractivity contribution is -0.115. The maximum Gasteiger partial charge on any atom is 0.230 e. The standard InChI is InChI=1S/C18H15FN2O2S/c1-11-17(13-4-6-14(19)7-5-13)21-18(24-11)20-16(23)10-12-2-8-15(22)9-3-12/h2-9,22H,10H2,1H3,(H,20,21,23). The molecule has 0 unspecified atom stereocenters. The molecule has 1 aromatic heterocycles. The molecule has 0 radical (unpaired) electrons. The van der Waals surface area contributed by atoms with Gasteiger partial charge < -0.3 is 10.4 Å². The van der Waals surface area contributed by atoms with Gasteiger partial charge in [-0.15, -0.1) is 11.3 Å². The SMILES string of the molecule is Cc1sc(NC(=O)Cc2ccc(O)cc2)nc1-c1ccc(F)cc1. The van der Waals surface area contributed by atoms with Crippen molar-refractivity contribution in [3.8, 4) is 17.0 Å². The van der Waals surface area contributed by atoms with Gasteiger partial charge in [0.15, 0.2) is 5.13 Å². The van der Waals surface area contributed by atoms with Crippen molar-refractivity contribution in [3.63, 3.8) is 0 Å². The molecule has 2 N–H and O–H groups in total. The quantitative estimate of drug-likeness (QED) is 0.749. The summed E-state index contributed by atoms with van der Waals surface area (Å²) in [6.07, 6.45) is 0.199. The summed E-state index contributed by atoms with van der Waals surface area (Å²) in [7, 11) is 0. The molecule has 0 saturated heterocycles. The number of nitrogens with zero attached hydrogens (tertiary/aromatic N) is 1. The summed E-state index contributed by atoms with van der Waals surface area (Å²) in [6.45, 7) is 1.91. The van der Waals surface area contributed by atoms with Crippen LogP contribution in [0, 0.1) is 12.7 Å². The van der Waals surface area contributed by atoms with Crippen LogP contribution in [0.3, 0.4) is 0 Å². The molecule has 1 heterocycles. The van der Waals surface area contributed by atoms with Crippen LogP contribution in [0.1, 0.15) is 10.4 Å². The lowest BCUT2D eigenvalue weighted by atomic mass is 10.1. The number of anilines is 1. The first kappa shape index (κ1) is 16.1. The minimum atomic E-state index is -0.297. The molecular formula is C18H15FN2O2S. The number of carbonyl (C=O) groups is 1. The highest BCUT2D eigenvalue weighted by molar-refractivity contribution is 7.16. The number of hydrogen-bond donors (Lipinski definition) is 2. The molecule has 6 heteroatoms. The van der Waals surface area contributed by atoms with E-state index < -0.39 is 0 Å². The number of aromatic nitrogens is 1. The van der Waals surface area contributed by atoms with Gasteiger partial charge in [0.1, 0.15) is 11.6 Å². The molecule has 1 amide bonds. The second kappa shape index (κ2) is 6.80. The van der Waals surface area contributed by atoms with Gasteiger partial charge in [0, 0.05) is 10.4 Å². The van der Waals surface area contributed by atoms with Crippen LogP contribution in [0.25, 0.3) is 11.3 Å². The van der Waals surface area contributed by atoms with Gasteiger partial charge >= 0.3 is 0 Å². The van der Waals surface area contributed by atoms with Crippen molar-refractivity contribution < 1.29 is 14.3 Å². The fraction of sp³-hybridized carbons (Fsp3) is 0.111. The smallest absolute Gasteiger partial charge is 0.230 e. The Labute approximate surface area is 142 Å². The van der Waals surface area contributed by atoms with Gasteiger partial charge in [0.05, 0.1) is 12.1 Å². The molecule has 3 aromatic rings. The van der Waals surface area contributed by atoms with Crippen molar-refractivity contribution in [1.82, 2.24) is 4.98 Å². The third-order valence-electron chi connectivity index (χ3n) is 3.46. The molecule has 122 valence electrons. The fourth-order valence-electron chi connectivity index (χ4n) is 2.29. The van der Waals surface area contributed by atoms with Crippen LogP contribution in [0.2, 0.25) is 0 Å². The second-order valence-electron chi connectivity index (χ2n) is 5.32. The van der Waals surface area contributed by atoms with Crippen LogP contribution in [-0.2, 0) is 11.2 Å². The van der Waals surface area contributed by atoms with Crippen molar-refractivity contribution in [1.29, 1.82) is 0 Å². The summed E-state index contributed by atoms with van der Waals surface area (Å²) in [5.74, 6) is -0.312. The Morgan fingerprint density at radius 2 is 1.83 bits per heavy atom. The average molecular weight is 342 g/mol. The highest BCUT2D eigenvalue weighted by atomic mass is 32.1. The first-order chi connectivity index (χ1) is 11.5. The Bertz CT molecular complexity index is 858. The Morgan fingerprint density at radius 1 is 1.17 bits per heavy atom. The molecule has 0 spiro atoms. The number of nitrogens with one attached hydrogen (secondary N) is 1. The molecule has 4 nitrogen and oxygen atoms in total. The number of thiazole rings is 1. The predicted octanol–water partition coefficient (Wildman–Crippen LogP) is 4.14. The number of carbonyl (C=O) groups excluding carboxylic acids is 1. The van der Waals surface area contributed by atoms with Crippen molar-refractivity contribution in [2.24, 2.45) is 0 Å². The number of rotatable bonds is 4. The van der Waals surface area contributed by atoms with E-state index in [0.29, 0.717) is 5.13 Å². The minimum absolute atomic E-state index is 0.165. The van der Waals surface area contributed by atoms with Gasteiger partial charge in [-0.2, -0.15) is 0 Å². The minimum Gasteiger partial charge on any atom is -0.508 e. The molecule has 0 bridgehead atoms. The van der Waals surface area contributed by atoms with Gasteiger partial charge in [-0.3, -0.25) is 4.79 Å². The lowest BCUT2D eigenvalue weighted by Gasteiger charge is -2.02. The van der Waals surface area contributed by atoms with Crippen LogP contribution >= 0.6 is 11.3 Å². The van der Waals surface area contributed by atoms with Gasteiger partial charge in [-0.25, -0.2) is 9.37 Å². The summed E-state index contributed by atoms with van der Waals surface area (Å²) in [5.41, 5.74) is 2.35. The third kappa shape index (κ3) is 3.78. The molecule has 0 aliphatic carbocycles. The lowest BCUT2D eigenvalue weighted by Crippen LogP contribution is -2.14. The molecule has 0 saturated carbocycles. The first-order valence-corrected chi connectivity index (χ1v) is 8.14.